The van der Waals surface area contributed by atoms with E-state index in [1.807, 2.05) is 29.1 Å². The molecule has 0 aliphatic carbocycles. The molecular formula is C21H31N7O. The molecule has 0 atom stereocenters. The summed E-state index contributed by atoms with van der Waals surface area (Å²) in [6.07, 6.45) is 5.70. The maximum absolute atomic E-state index is 11.5. The Balaban J connectivity index is 1.55. The quantitative estimate of drug-likeness (QED) is 0.482. The zero-order valence-corrected chi connectivity index (χ0v) is 17.3. The summed E-state index contributed by atoms with van der Waals surface area (Å²) in [4.78, 5) is 18.5. The van der Waals surface area contributed by atoms with E-state index >= 15 is 0 Å². The predicted octanol–water partition coefficient (Wildman–Crippen LogP) is 1.14. The molecule has 29 heavy (non-hydrogen) atoms. The number of carbonyl (C=O) groups is 1. The lowest BCUT2D eigenvalue weighted by Gasteiger charge is -2.32. The smallest absolute Gasteiger partial charge is 0.233 e. The number of amides is 1. The second-order valence-electron chi connectivity index (χ2n) is 7.18. The zero-order chi connectivity index (χ0) is 20.5. The van der Waals surface area contributed by atoms with Gasteiger partial charge in [-0.2, -0.15) is 5.10 Å². The minimum Gasteiger partial charge on any atom is -0.358 e. The third-order valence-corrected chi connectivity index (χ3v) is 5.02. The molecule has 3 N–H and O–H groups in total. The maximum Gasteiger partial charge on any atom is 0.233 e. The molecule has 1 aliphatic rings. The van der Waals surface area contributed by atoms with Crippen molar-refractivity contribution in [3.63, 3.8) is 0 Å². The Bertz CT molecular complexity index is 795. The fraction of sp³-hybridized carbons (Fsp3) is 0.476. The van der Waals surface area contributed by atoms with Gasteiger partial charge in [-0.25, -0.2) is 9.67 Å². The minimum absolute atomic E-state index is 0.0728. The summed E-state index contributed by atoms with van der Waals surface area (Å²) in [6.45, 7) is 5.78. The van der Waals surface area contributed by atoms with Gasteiger partial charge in [0.15, 0.2) is 5.96 Å². The van der Waals surface area contributed by atoms with E-state index in [1.165, 1.54) is 0 Å². The average molecular weight is 398 g/mol. The Morgan fingerprint density at radius 1 is 1.28 bits per heavy atom. The van der Waals surface area contributed by atoms with E-state index in [9.17, 15) is 4.79 Å². The number of benzene rings is 1. The van der Waals surface area contributed by atoms with Gasteiger partial charge in [-0.15, -0.1) is 0 Å². The van der Waals surface area contributed by atoms with Crippen molar-refractivity contribution in [1.29, 1.82) is 0 Å². The molecule has 1 saturated heterocycles. The van der Waals surface area contributed by atoms with Crippen LogP contribution in [-0.4, -0.2) is 65.8 Å². The number of likely N-dealkylation sites (N-methyl/N-ethyl adjacent to an activating group) is 1. The SMILES string of the molecule is CCNC(=NCc1cccc(-n2cccn2)c1)NC1CCN(CC(=O)NC)CC1. The first kappa shape index (κ1) is 20.9. The van der Waals surface area contributed by atoms with Crippen LogP contribution >= 0.6 is 0 Å². The van der Waals surface area contributed by atoms with Crippen LogP contribution in [0.3, 0.4) is 0 Å². The Kier molecular flexibility index (Phi) is 7.63. The number of piperidine rings is 1. The van der Waals surface area contributed by atoms with Crippen LogP contribution in [0, 0.1) is 0 Å². The second kappa shape index (κ2) is 10.6. The number of hydrogen-bond donors (Lipinski definition) is 3. The number of guanidine groups is 1. The summed E-state index contributed by atoms with van der Waals surface area (Å²) in [5, 5.41) is 13.9. The highest BCUT2D eigenvalue weighted by molar-refractivity contribution is 5.80. The molecule has 3 rings (SSSR count). The normalized spacial score (nSPS) is 15.9. The first-order chi connectivity index (χ1) is 14.2. The van der Waals surface area contributed by atoms with Crippen molar-refractivity contribution < 1.29 is 4.79 Å². The lowest BCUT2D eigenvalue weighted by molar-refractivity contribution is -0.122. The van der Waals surface area contributed by atoms with Crippen molar-refractivity contribution in [2.75, 3.05) is 33.2 Å². The Morgan fingerprint density at radius 2 is 2.10 bits per heavy atom. The van der Waals surface area contributed by atoms with Crippen molar-refractivity contribution in [1.82, 2.24) is 30.6 Å². The van der Waals surface area contributed by atoms with Gasteiger partial charge in [-0.3, -0.25) is 9.69 Å². The third-order valence-electron chi connectivity index (χ3n) is 5.02. The van der Waals surface area contributed by atoms with E-state index < -0.39 is 0 Å². The van der Waals surface area contributed by atoms with Gasteiger partial charge in [0.05, 0.1) is 18.8 Å². The molecule has 2 aromatic rings. The Morgan fingerprint density at radius 3 is 2.79 bits per heavy atom. The summed E-state index contributed by atoms with van der Waals surface area (Å²) in [7, 11) is 1.68. The summed E-state index contributed by atoms with van der Waals surface area (Å²) in [5.41, 5.74) is 2.17. The molecule has 0 unspecified atom stereocenters. The van der Waals surface area contributed by atoms with Gasteiger partial charge in [0.2, 0.25) is 5.91 Å². The summed E-state index contributed by atoms with van der Waals surface area (Å²) >= 11 is 0. The van der Waals surface area contributed by atoms with E-state index in [0.29, 0.717) is 19.1 Å². The van der Waals surface area contributed by atoms with Gasteiger partial charge in [-0.1, -0.05) is 12.1 Å². The number of nitrogens with one attached hydrogen (secondary N) is 3. The monoisotopic (exact) mass is 397 g/mol. The van der Waals surface area contributed by atoms with Gasteiger partial charge in [0.1, 0.15) is 0 Å². The van der Waals surface area contributed by atoms with Crippen LogP contribution < -0.4 is 16.0 Å². The van der Waals surface area contributed by atoms with E-state index in [4.69, 9.17) is 4.99 Å². The molecule has 0 radical (unpaired) electrons. The van der Waals surface area contributed by atoms with Crippen LogP contribution in [0.2, 0.25) is 0 Å². The van der Waals surface area contributed by atoms with Crippen LogP contribution in [0.5, 0.6) is 0 Å². The van der Waals surface area contributed by atoms with Crippen LogP contribution in [0.15, 0.2) is 47.7 Å². The van der Waals surface area contributed by atoms with Crippen LogP contribution in [0.1, 0.15) is 25.3 Å². The molecular weight excluding hydrogens is 366 g/mol. The molecule has 8 nitrogen and oxygen atoms in total. The number of rotatable bonds is 7. The van der Waals surface area contributed by atoms with E-state index in [1.54, 1.807) is 13.2 Å². The van der Waals surface area contributed by atoms with Crippen LogP contribution in [-0.2, 0) is 11.3 Å². The number of nitrogens with zero attached hydrogens (tertiary/aromatic N) is 4. The zero-order valence-electron chi connectivity index (χ0n) is 17.3. The second-order valence-corrected chi connectivity index (χ2v) is 7.18. The van der Waals surface area contributed by atoms with Gasteiger partial charge in [0.25, 0.3) is 0 Å². The summed E-state index contributed by atoms with van der Waals surface area (Å²) in [6, 6.07) is 10.5. The topological polar surface area (TPSA) is 86.6 Å². The van der Waals surface area contributed by atoms with E-state index in [2.05, 4.69) is 45.0 Å². The third kappa shape index (κ3) is 6.32. The first-order valence-corrected chi connectivity index (χ1v) is 10.2. The van der Waals surface area contributed by atoms with E-state index in [0.717, 1.165) is 49.7 Å². The van der Waals surface area contributed by atoms with Crippen molar-refractivity contribution in [3.05, 3.63) is 48.3 Å². The molecule has 1 fully saturated rings. The van der Waals surface area contributed by atoms with Crippen LogP contribution in [0.25, 0.3) is 5.69 Å². The number of aromatic nitrogens is 2. The number of likely N-dealkylation sites (tertiary alicyclic amines) is 1. The molecule has 2 heterocycles. The predicted molar refractivity (Wildman–Crippen MR) is 115 cm³/mol. The Labute approximate surface area is 172 Å². The summed E-state index contributed by atoms with van der Waals surface area (Å²) in [5.74, 6) is 0.908. The fourth-order valence-corrected chi connectivity index (χ4v) is 3.42. The van der Waals surface area contributed by atoms with Gasteiger partial charge in [-0.05, 0) is 43.5 Å². The molecule has 0 bridgehead atoms. The molecule has 8 heteroatoms. The summed E-state index contributed by atoms with van der Waals surface area (Å²) < 4.78 is 1.85. The van der Waals surface area contributed by atoms with Crippen LogP contribution in [0.4, 0.5) is 0 Å². The first-order valence-electron chi connectivity index (χ1n) is 10.2. The molecule has 156 valence electrons. The lowest BCUT2D eigenvalue weighted by Crippen LogP contribution is -2.50. The van der Waals surface area contributed by atoms with Crippen molar-refractivity contribution in [2.24, 2.45) is 4.99 Å². The highest BCUT2D eigenvalue weighted by atomic mass is 16.1. The highest BCUT2D eigenvalue weighted by Crippen LogP contribution is 2.12. The van der Waals surface area contributed by atoms with Crippen molar-refractivity contribution in [2.45, 2.75) is 32.4 Å². The molecule has 1 aromatic heterocycles. The number of carbonyl (C=O) groups excluding carboxylic acids is 1. The molecule has 1 amide bonds. The number of hydrogen-bond acceptors (Lipinski definition) is 4. The van der Waals surface area contributed by atoms with Gasteiger partial charge >= 0.3 is 0 Å². The lowest BCUT2D eigenvalue weighted by atomic mass is 10.1. The largest absolute Gasteiger partial charge is 0.358 e. The standard InChI is InChI=1S/C21H31N7O/c1-3-23-21(26-18-8-12-27(13-9-18)16-20(29)22-2)24-15-17-6-4-7-19(14-17)28-11-5-10-25-28/h4-7,10-11,14,18H,3,8-9,12-13,15-16H2,1-2H3,(H,22,29)(H2,23,24,26). The molecule has 1 aliphatic heterocycles. The molecule has 1 aromatic carbocycles. The van der Waals surface area contributed by atoms with Crippen molar-refractivity contribution >= 4 is 11.9 Å². The average Bonchev–Trinajstić information content (AvgIpc) is 3.29. The minimum atomic E-state index is 0.0728. The van der Waals surface area contributed by atoms with Gasteiger partial charge in [0, 0.05) is 45.1 Å². The highest BCUT2D eigenvalue weighted by Gasteiger charge is 2.21. The van der Waals surface area contributed by atoms with Crippen molar-refractivity contribution in [3.8, 4) is 5.69 Å². The van der Waals surface area contributed by atoms with E-state index in [-0.39, 0.29) is 5.91 Å². The Hall–Kier alpha value is -2.87. The number of aliphatic imine (C=N–C) groups is 1. The molecule has 0 spiro atoms. The maximum atomic E-state index is 11.5. The van der Waals surface area contributed by atoms with Gasteiger partial charge < -0.3 is 16.0 Å². The molecule has 0 saturated carbocycles. The fourth-order valence-electron chi connectivity index (χ4n) is 3.42.